The monoisotopic (exact) mass is 151 g/mol. The van der Waals surface area contributed by atoms with Crippen LogP contribution >= 0.6 is 0 Å². The van der Waals surface area contributed by atoms with Gasteiger partial charge in [-0.1, -0.05) is 5.16 Å². The molecule has 0 aliphatic heterocycles. The molecule has 1 aliphatic carbocycles. The Labute approximate surface area is 64.4 Å². The van der Waals surface area contributed by atoms with Crippen molar-refractivity contribution in [2.75, 3.05) is 0 Å². The van der Waals surface area contributed by atoms with Crippen molar-refractivity contribution < 1.29 is 9.32 Å². The summed E-state index contributed by atoms with van der Waals surface area (Å²) in [6.45, 7) is 0. The Morgan fingerprint density at radius 2 is 2.18 bits per heavy atom. The molecule has 0 radical (unpaired) electrons. The van der Waals surface area contributed by atoms with Crippen LogP contribution < -0.4 is 0 Å². The molecular formula is C8H9NO2. The molecule has 0 amide bonds. The molecule has 1 heterocycles. The zero-order chi connectivity index (χ0) is 7.68. The van der Waals surface area contributed by atoms with E-state index >= 15 is 0 Å². The van der Waals surface area contributed by atoms with Crippen LogP contribution in [0.1, 0.15) is 35.4 Å². The van der Waals surface area contributed by atoms with E-state index in [2.05, 4.69) is 5.16 Å². The lowest BCUT2D eigenvalue weighted by Gasteiger charge is -1.88. The summed E-state index contributed by atoms with van der Waals surface area (Å²) in [4.78, 5) is 11.3. The predicted octanol–water partition coefficient (Wildman–Crippen LogP) is 1.58. The predicted molar refractivity (Wildman–Crippen MR) is 38.4 cm³/mol. The third-order valence-corrected chi connectivity index (χ3v) is 2.00. The Morgan fingerprint density at radius 3 is 3.09 bits per heavy atom. The van der Waals surface area contributed by atoms with Gasteiger partial charge in [-0.15, -0.1) is 0 Å². The second-order valence-corrected chi connectivity index (χ2v) is 2.79. The normalized spacial score (nSPS) is 17.6. The SMILES string of the molecule is O=C1CCCCc2oncc21. The van der Waals surface area contributed by atoms with Gasteiger partial charge in [-0.25, -0.2) is 0 Å². The molecule has 0 unspecified atom stereocenters. The highest BCUT2D eigenvalue weighted by atomic mass is 16.5. The third kappa shape index (κ3) is 1.06. The van der Waals surface area contributed by atoms with Gasteiger partial charge in [0, 0.05) is 12.8 Å². The summed E-state index contributed by atoms with van der Waals surface area (Å²) in [6, 6.07) is 0. The molecule has 0 N–H and O–H groups in total. The molecule has 11 heavy (non-hydrogen) atoms. The van der Waals surface area contributed by atoms with Gasteiger partial charge in [0.15, 0.2) is 5.78 Å². The number of aryl methyl sites for hydroxylation is 1. The summed E-state index contributed by atoms with van der Waals surface area (Å²) in [7, 11) is 0. The highest BCUT2D eigenvalue weighted by Crippen LogP contribution is 2.19. The first-order valence-electron chi connectivity index (χ1n) is 3.84. The van der Waals surface area contributed by atoms with Crippen molar-refractivity contribution in [2.45, 2.75) is 25.7 Å². The molecule has 1 aromatic rings. The molecular weight excluding hydrogens is 142 g/mol. The first-order chi connectivity index (χ1) is 5.38. The second-order valence-electron chi connectivity index (χ2n) is 2.79. The Kier molecular flexibility index (Phi) is 1.49. The smallest absolute Gasteiger partial charge is 0.168 e. The second kappa shape index (κ2) is 2.49. The molecule has 0 bridgehead atoms. The Bertz CT molecular complexity index is 277. The topological polar surface area (TPSA) is 43.1 Å². The number of rotatable bonds is 0. The van der Waals surface area contributed by atoms with Crippen molar-refractivity contribution in [1.29, 1.82) is 0 Å². The molecule has 0 spiro atoms. The number of hydrogen-bond donors (Lipinski definition) is 0. The highest BCUT2D eigenvalue weighted by molar-refractivity contribution is 5.96. The molecule has 3 nitrogen and oxygen atoms in total. The van der Waals surface area contributed by atoms with Gasteiger partial charge in [0.05, 0.1) is 11.8 Å². The van der Waals surface area contributed by atoms with Gasteiger partial charge in [0.1, 0.15) is 5.76 Å². The Hall–Kier alpha value is -1.12. The van der Waals surface area contributed by atoms with Crippen molar-refractivity contribution in [1.82, 2.24) is 5.16 Å². The molecule has 58 valence electrons. The van der Waals surface area contributed by atoms with E-state index in [4.69, 9.17) is 4.52 Å². The maximum Gasteiger partial charge on any atom is 0.168 e. The van der Waals surface area contributed by atoms with Crippen LogP contribution in [0, 0.1) is 0 Å². The molecule has 0 fully saturated rings. The molecule has 2 rings (SSSR count). The van der Waals surface area contributed by atoms with E-state index in [0.29, 0.717) is 12.0 Å². The summed E-state index contributed by atoms with van der Waals surface area (Å²) in [5.74, 6) is 0.950. The number of fused-ring (bicyclic) bond motifs is 1. The van der Waals surface area contributed by atoms with Gasteiger partial charge in [0.25, 0.3) is 0 Å². The molecule has 0 aromatic carbocycles. The van der Waals surface area contributed by atoms with Crippen LogP contribution in [0.3, 0.4) is 0 Å². The quantitative estimate of drug-likeness (QED) is 0.529. The van der Waals surface area contributed by atoms with Crippen LogP contribution in [-0.4, -0.2) is 10.9 Å². The van der Waals surface area contributed by atoms with Crippen molar-refractivity contribution in [2.24, 2.45) is 0 Å². The first kappa shape index (κ1) is 6.58. The van der Waals surface area contributed by atoms with Crippen LogP contribution in [0.15, 0.2) is 10.7 Å². The van der Waals surface area contributed by atoms with Crippen LogP contribution in [-0.2, 0) is 6.42 Å². The van der Waals surface area contributed by atoms with Crippen LogP contribution in [0.4, 0.5) is 0 Å². The summed E-state index contributed by atoms with van der Waals surface area (Å²) in [5, 5.41) is 3.60. The average molecular weight is 151 g/mol. The van der Waals surface area contributed by atoms with E-state index in [-0.39, 0.29) is 5.78 Å². The minimum absolute atomic E-state index is 0.179. The first-order valence-corrected chi connectivity index (χ1v) is 3.84. The van der Waals surface area contributed by atoms with Crippen molar-refractivity contribution in [3.63, 3.8) is 0 Å². The minimum atomic E-state index is 0.179. The summed E-state index contributed by atoms with van der Waals surface area (Å²) >= 11 is 0. The number of carbonyl (C=O) groups is 1. The lowest BCUT2D eigenvalue weighted by Crippen LogP contribution is -1.95. The van der Waals surface area contributed by atoms with Gasteiger partial charge in [-0.05, 0) is 12.8 Å². The van der Waals surface area contributed by atoms with Crippen molar-refractivity contribution >= 4 is 5.78 Å². The van der Waals surface area contributed by atoms with Crippen molar-refractivity contribution in [3.05, 3.63) is 17.5 Å². The van der Waals surface area contributed by atoms with E-state index in [9.17, 15) is 4.79 Å². The van der Waals surface area contributed by atoms with Gasteiger partial charge < -0.3 is 4.52 Å². The third-order valence-electron chi connectivity index (χ3n) is 2.00. The Balaban J connectivity index is 2.41. The van der Waals surface area contributed by atoms with Crippen LogP contribution in [0.2, 0.25) is 0 Å². The van der Waals surface area contributed by atoms with Gasteiger partial charge in [-0.3, -0.25) is 4.79 Å². The fourth-order valence-corrected chi connectivity index (χ4v) is 1.38. The standard InChI is InChI=1S/C8H9NO2/c10-7-3-1-2-4-8-6(7)5-9-11-8/h5H,1-4H2. The maximum absolute atomic E-state index is 11.3. The van der Waals surface area contributed by atoms with Gasteiger partial charge in [0.2, 0.25) is 0 Å². The highest BCUT2D eigenvalue weighted by Gasteiger charge is 2.18. The lowest BCUT2D eigenvalue weighted by atomic mass is 10.1. The summed E-state index contributed by atoms with van der Waals surface area (Å²) < 4.78 is 4.94. The number of ketones is 1. The number of Topliss-reactive ketones (excluding diaryl/α,β-unsaturated/α-hetero) is 1. The average Bonchev–Trinajstić information content (AvgIpc) is 2.40. The maximum atomic E-state index is 11.3. The number of aromatic nitrogens is 1. The molecule has 0 atom stereocenters. The van der Waals surface area contributed by atoms with Crippen LogP contribution in [0.25, 0.3) is 0 Å². The number of nitrogens with zero attached hydrogens (tertiary/aromatic N) is 1. The van der Waals surface area contributed by atoms with E-state index in [1.54, 1.807) is 0 Å². The zero-order valence-electron chi connectivity index (χ0n) is 6.17. The molecule has 3 heteroatoms. The molecule has 0 saturated heterocycles. The fraction of sp³-hybridized carbons (Fsp3) is 0.500. The number of carbonyl (C=O) groups excluding carboxylic acids is 1. The molecule has 0 saturated carbocycles. The van der Waals surface area contributed by atoms with E-state index < -0.39 is 0 Å². The van der Waals surface area contributed by atoms with Gasteiger partial charge in [-0.2, -0.15) is 0 Å². The fourth-order valence-electron chi connectivity index (χ4n) is 1.38. The van der Waals surface area contributed by atoms with Gasteiger partial charge >= 0.3 is 0 Å². The van der Waals surface area contributed by atoms with E-state index in [1.807, 2.05) is 0 Å². The van der Waals surface area contributed by atoms with Crippen LogP contribution in [0.5, 0.6) is 0 Å². The largest absolute Gasteiger partial charge is 0.361 e. The van der Waals surface area contributed by atoms with Crippen molar-refractivity contribution in [3.8, 4) is 0 Å². The summed E-state index contributed by atoms with van der Waals surface area (Å²) in [6.07, 6.45) is 5.05. The van der Waals surface area contributed by atoms with E-state index in [0.717, 1.165) is 25.0 Å². The molecule has 1 aromatic heterocycles. The lowest BCUT2D eigenvalue weighted by molar-refractivity contribution is 0.0981. The number of hydrogen-bond acceptors (Lipinski definition) is 3. The Morgan fingerprint density at radius 1 is 1.36 bits per heavy atom. The summed E-state index contributed by atoms with van der Waals surface area (Å²) in [5.41, 5.74) is 0.697. The molecule has 1 aliphatic rings. The van der Waals surface area contributed by atoms with E-state index in [1.165, 1.54) is 6.20 Å². The zero-order valence-corrected chi connectivity index (χ0v) is 6.17. The minimum Gasteiger partial charge on any atom is -0.361 e.